The van der Waals surface area contributed by atoms with Gasteiger partial charge < -0.3 is 9.47 Å². The minimum absolute atomic E-state index is 0.0701. The molecule has 4 heteroatoms. The maximum atomic E-state index is 12.3. The van der Waals surface area contributed by atoms with Crippen molar-refractivity contribution in [2.24, 2.45) is 5.92 Å². The minimum Gasteiger partial charge on any atom is -0.444 e. The third kappa shape index (κ3) is 3.17. The number of carbonyl (C=O) groups is 1. The standard InChI is InChI=1S/C14H23NO3/c1-8-10(2)11-9-17-14(6,7)15(11)12(16)18-13(3,4)5/h1,10-11H,9H2,2-7H3. The molecule has 1 heterocycles. The van der Waals surface area contributed by atoms with Gasteiger partial charge in [0.1, 0.15) is 11.3 Å². The van der Waals surface area contributed by atoms with Crippen LogP contribution in [0.1, 0.15) is 41.5 Å². The van der Waals surface area contributed by atoms with E-state index in [-0.39, 0.29) is 18.1 Å². The van der Waals surface area contributed by atoms with Crippen LogP contribution in [0.5, 0.6) is 0 Å². The second kappa shape index (κ2) is 4.81. The Hall–Kier alpha value is -1.21. The lowest BCUT2D eigenvalue weighted by molar-refractivity contribution is -0.0634. The van der Waals surface area contributed by atoms with E-state index in [2.05, 4.69) is 5.92 Å². The van der Waals surface area contributed by atoms with Crippen LogP contribution >= 0.6 is 0 Å². The van der Waals surface area contributed by atoms with Crippen molar-refractivity contribution in [2.45, 2.75) is 58.9 Å². The van der Waals surface area contributed by atoms with Crippen molar-refractivity contribution in [1.82, 2.24) is 4.90 Å². The number of terminal acetylenes is 1. The Kier molecular flexibility index (Phi) is 3.97. The molecule has 0 aromatic carbocycles. The first-order valence-corrected chi connectivity index (χ1v) is 6.21. The third-order valence-electron chi connectivity index (χ3n) is 2.95. The molecule has 102 valence electrons. The quantitative estimate of drug-likeness (QED) is 0.674. The van der Waals surface area contributed by atoms with Gasteiger partial charge in [-0.1, -0.05) is 0 Å². The van der Waals surface area contributed by atoms with E-state index in [0.29, 0.717) is 6.61 Å². The molecule has 0 aromatic rings. The Morgan fingerprint density at radius 3 is 2.56 bits per heavy atom. The van der Waals surface area contributed by atoms with Crippen molar-refractivity contribution in [3.05, 3.63) is 0 Å². The zero-order valence-corrected chi connectivity index (χ0v) is 12.1. The second-order valence-electron chi connectivity index (χ2n) is 6.13. The molecule has 1 aliphatic heterocycles. The highest BCUT2D eigenvalue weighted by Gasteiger charge is 2.47. The predicted molar refractivity (Wildman–Crippen MR) is 69.9 cm³/mol. The summed E-state index contributed by atoms with van der Waals surface area (Å²) in [6.45, 7) is 11.6. The van der Waals surface area contributed by atoms with Gasteiger partial charge >= 0.3 is 6.09 Å². The summed E-state index contributed by atoms with van der Waals surface area (Å²) in [7, 11) is 0. The highest BCUT2D eigenvalue weighted by atomic mass is 16.6. The Morgan fingerprint density at radius 2 is 2.11 bits per heavy atom. The van der Waals surface area contributed by atoms with E-state index in [1.165, 1.54) is 0 Å². The number of carbonyl (C=O) groups excluding carboxylic acids is 1. The smallest absolute Gasteiger partial charge is 0.412 e. The summed E-state index contributed by atoms with van der Waals surface area (Å²) in [6.07, 6.45) is 5.07. The van der Waals surface area contributed by atoms with Gasteiger partial charge in [-0.05, 0) is 41.5 Å². The fraction of sp³-hybridized carbons (Fsp3) is 0.786. The van der Waals surface area contributed by atoms with Gasteiger partial charge in [-0.15, -0.1) is 12.3 Å². The molecule has 0 radical (unpaired) electrons. The fourth-order valence-corrected chi connectivity index (χ4v) is 1.98. The minimum atomic E-state index is -0.682. The number of amides is 1. The van der Waals surface area contributed by atoms with E-state index in [4.69, 9.17) is 15.9 Å². The number of hydrogen-bond acceptors (Lipinski definition) is 3. The van der Waals surface area contributed by atoms with Gasteiger partial charge in [-0.3, -0.25) is 4.90 Å². The normalized spacial score (nSPS) is 24.5. The number of nitrogens with zero attached hydrogens (tertiary/aromatic N) is 1. The highest BCUT2D eigenvalue weighted by molar-refractivity contribution is 5.70. The summed E-state index contributed by atoms with van der Waals surface area (Å²) in [5.74, 6) is 2.59. The first-order chi connectivity index (χ1) is 8.08. The van der Waals surface area contributed by atoms with Gasteiger partial charge in [-0.2, -0.15) is 0 Å². The molecule has 4 nitrogen and oxygen atoms in total. The lowest BCUT2D eigenvalue weighted by atomic mass is 10.0. The molecule has 0 spiro atoms. The van der Waals surface area contributed by atoms with Crippen LogP contribution in [0.15, 0.2) is 0 Å². The van der Waals surface area contributed by atoms with Crippen LogP contribution in [-0.2, 0) is 9.47 Å². The molecule has 1 rings (SSSR count). The molecule has 0 bridgehead atoms. The van der Waals surface area contributed by atoms with Crippen LogP contribution in [0.2, 0.25) is 0 Å². The summed E-state index contributed by atoms with van der Waals surface area (Å²) >= 11 is 0. The van der Waals surface area contributed by atoms with Crippen LogP contribution in [0, 0.1) is 18.3 Å². The molecule has 0 saturated carbocycles. The summed E-state index contributed by atoms with van der Waals surface area (Å²) in [5, 5.41) is 0. The predicted octanol–water partition coefficient (Wildman–Crippen LogP) is 2.63. The van der Waals surface area contributed by atoms with Gasteiger partial charge in [0.15, 0.2) is 0 Å². The van der Waals surface area contributed by atoms with Crippen molar-refractivity contribution in [2.75, 3.05) is 6.61 Å². The van der Waals surface area contributed by atoms with Crippen molar-refractivity contribution in [3.63, 3.8) is 0 Å². The van der Waals surface area contributed by atoms with E-state index in [9.17, 15) is 4.79 Å². The lowest BCUT2D eigenvalue weighted by Gasteiger charge is -2.36. The molecule has 0 aliphatic carbocycles. The van der Waals surface area contributed by atoms with Crippen molar-refractivity contribution >= 4 is 6.09 Å². The van der Waals surface area contributed by atoms with E-state index in [0.717, 1.165) is 0 Å². The average Bonchev–Trinajstić information content (AvgIpc) is 2.50. The van der Waals surface area contributed by atoms with Crippen LogP contribution in [0.3, 0.4) is 0 Å². The summed E-state index contributed by atoms with van der Waals surface area (Å²) in [6, 6.07) is -0.139. The molecule has 18 heavy (non-hydrogen) atoms. The third-order valence-corrected chi connectivity index (χ3v) is 2.95. The van der Waals surface area contributed by atoms with E-state index in [1.807, 2.05) is 41.5 Å². The molecule has 2 atom stereocenters. The highest BCUT2D eigenvalue weighted by Crippen LogP contribution is 2.32. The summed E-state index contributed by atoms with van der Waals surface area (Å²) < 4.78 is 11.1. The molecule has 1 aliphatic rings. The monoisotopic (exact) mass is 253 g/mol. The molecule has 1 saturated heterocycles. The van der Waals surface area contributed by atoms with Gasteiger partial charge in [0.2, 0.25) is 0 Å². The lowest BCUT2D eigenvalue weighted by Crippen LogP contribution is -2.51. The molecule has 0 N–H and O–H groups in total. The number of rotatable bonds is 1. The molecule has 2 unspecified atom stereocenters. The van der Waals surface area contributed by atoms with Gasteiger partial charge in [0.05, 0.1) is 12.6 Å². The Balaban J connectivity index is 2.93. The average molecular weight is 253 g/mol. The van der Waals surface area contributed by atoms with Crippen molar-refractivity contribution < 1.29 is 14.3 Å². The van der Waals surface area contributed by atoms with Crippen LogP contribution in [0.25, 0.3) is 0 Å². The van der Waals surface area contributed by atoms with Crippen LogP contribution < -0.4 is 0 Å². The molecule has 0 aromatic heterocycles. The van der Waals surface area contributed by atoms with Crippen LogP contribution in [-0.4, -0.2) is 35.0 Å². The van der Waals surface area contributed by atoms with Crippen LogP contribution in [0.4, 0.5) is 4.79 Å². The molecular weight excluding hydrogens is 230 g/mol. The van der Waals surface area contributed by atoms with Gasteiger partial charge in [-0.25, -0.2) is 4.79 Å². The van der Waals surface area contributed by atoms with Crippen molar-refractivity contribution in [1.29, 1.82) is 0 Å². The van der Waals surface area contributed by atoms with E-state index < -0.39 is 11.3 Å². The Bertz CT molecular complexity index is 362. The number of ether oxygens (including phenoxy) is 2. The maximum Gasteiger partial charge on any atom is 0.412 e. The topological polar surface area (TPSA) is 38.8 Å². The SMILES string of the molecule is C#CC(C)C1COC(C)(C)N1C(=O)OC(C)(C)C. The summed E-state index contributed by atoms with van der Waals surface area (Å²) in [5.41, 5.74) is -1.21. The first-order valence-electron chi connectivity index (χ1n) is 6.21. The number of hydrogen-bond donors (Lipinski definition) is 0. The zero-order valence-electron chi connectivity index (χ0n) is 12.1. The first kappa shape index (κ1) is 14.8. The largest absolute Gasteiger partial charge is 0.444 e. The maximum absolute atomic E-state index is 12.3. The Morgan fingerprint density at radius 1 is 1.56 bits per heavy atom. The van der Waals surface area contributed by atoms with Crippen molar-refractivity contribution in [3.8, 4) is 12.3 Å². The Labute approximate surface area is 110 Å². The molecule has 1 fully saturated rings. The second-order valence-corrected chi connectivity index (χ2v) is 6.13. The summed E-state index contributed by atoms with van der Waals surface area (Å²) in [4.78, 5) is 13.9. The van der Waals surface area contributed by atoms with E-state index in [1.54, 1.807) is 4.90 Å². The zero-order chi connectivity index (χ0) is 14.1. The molecular formula is C14H23NO3. The van der Waals surface area contributed by atoms with Gasteiger partial charge in [0, 0.05) is 5.92 Å². The fourth-order valence-electron chi connectivity index (χ4n) is 1.98. The van der Waals surface area contributed by atoms with E-state index >= 15 is 0 Å². The van der Waals surface area contributed by atoms with Gasteiger partial charge in [0.25, 0.3) is 0 Å². The molecule has 1 amide bonds.